The Morgan fingerprint density at radius 3 is 2.11 bits per heavy atom. The van der Waals surface area contributed by atoms with Crippen LogP contribution in [0.5, 0.6) is 0 Å². The van der Waals surface area contributed by atoms with Gasteiger partial charge in [-0.2, -0.15) is 5.11 Å². The molecule has 4 heteroatoms. The molecule has 0 radical (unpaired) electrons. The van der Waals surface area contributed by atoms with Crippen LogP contribution >= 0.6 is 0 Å². The minimum absolute atomic E-state index is 0.0112. The summed E-state index contributed by atoms with van der Waals surface area (Å²) >= 11 is 0. The minimum Gasteiger partial charge on any atom is -0.510 e. The molecule has 0 aliphatic rings. The summed E-state index contributed by atoms with van der Waals surface area (Å²) in [4.78, 5) is 11.2. The molecule has 0 saturated carbocycles. The van der Waals surface area contributed by atoms with Crippen LogP contribution in [-0.2, 0) is 4.79 Å². The van der Waals surface area contributed by atoms with E-state index in [4.69, 9.17) is 0 Å². The fourth-order valence-corrected chi connectivity index (χ4v) is 1.43. The zero-order valence-electron chi connectivity index (χ0n) is 11.1. The Balaban J connectivity index is 2.91. The Morgan fingerprint density at radius 2 is 1.72 bits per heavy atom. The van der Waals surface area contributed by atoms with Crippen LogP contribution in [0.1, 0.15) is 39.2 Å². The zero-order valence-corrected chi connectivity index (χ0v) is 11.1. The number of hydrogen-bond acceptors (Lipinski definition) is 4. The van der Waals surface area contributed by atoms with E-state index in [0.717, 1.165) is 0 Å². The molecular weight excluding hydrogens is 228 g/mol. The van der Waals surface area contributed by atoms with Crippen LogP contribution in [0.3, 0.4) is 0 Å². The molecule has 0 atom stereocenters. The maximum atomic E-state index is 11.2. The number of hydrogen-bond donors (Lipinski definition) is 1. The van der Waals surface area contributed by atoms with Crippen molar-refractivity contribution in [3.63, 3.8) is 0 Å². The Labute approximate surface area is 107 Å². The number of aliphatic hydroxyl groups is 1. The number of ketones is 1. The average molecular weight is 246 g/mol. The zero-order chi connectivity index (χ0) is 13.7. The topological polar surface area (TPSA) is 62.0 Å². The molecule has 96 valence electrons. The van der Waals surface area contributed by atoms with Crippen molar-refractivity contribution in [1.82, 2.24) is 0 Å². The standard InChI is InChI=1S/C14H18N2O2/c1-9(2)12-5-7-13(8-6-12)15-16-14(10(3)17)11(4)18/h5-9,17H,1-4H3/b14-10-,16-15?. The Hall–Kier alpha value is -1.97. The summed E-state index contributed by atoms with van der Waals surface area (Å²) in [5.41, 5.74) is 1.86. The predicted molar refractivity (Wildman–Crippen MR) is 71.1 cm³/mol. The van der Waals surface area contributed by atoms with Crippen molar-refractivity contribution < 1.29 is 9.90 Å². The Morgan fingerprint density at radius 1 is 1.17 bits per heavy atom. The number of aliphatic hydroxyl groups excluding tert-OH is 1. The molecule has 0 saturated heterocycles. The van der Waals surface area contributed by atoms with Gasteiger partial charge in [0.1, 0.15) is 5.76 Å². The summed E-state index contributed by atoms with van der Waals surface area (Å²) in [7, 11) is 0. The van der Waals surface area contributed by atoms with E-state index in [2.05, 4.69) is 24.1 Å². The van der Waals surface area contributed by atoms with Gasteiger partial charge < -0.3 is 5.11 Å². The van der Waals surface area contributed by atoms with Crippen molar-refractivity contribution in [2.45, 2.75) is 33.6 Å². The molecule has 0 aromatic heterocycles. The monoisotopic (exact) mass is 246 g/mol. The molecule has 0 unspecified atom stereocenters. The summed E-state index contributed by atoms with van der Waals surface area (Å²) in [6, 6.07) is 7.62. The second-order valence-electron chi connectivity index (χ2n) is 4.44. The lowest BCUT2D eigenvalue weighted by Gasteiger charge is -2.04. The first-order valence-corrected chi connectivity index (χ1v) is 5.84. The first-order valence-electron chi connectivity index (χ1n) is 5.84. The molecule has 4 nitrogen and oxygen atoms in total. The third-order valence-electron chi connectivity index (χ3n) is 2.50. The Kier molecular flexibility index (Phi) is 4.77. The van der Waals surface area contributed by atoms with E-state index < -0.39 is 0 Å². The number of azo groups is 1. The van der Waals surface area contributed by atoms with Crippen LogP contribution in [0.2, 0.25) is 0 Å². The molecule has 0 spiro atoms. The van der Waals surface area contributed by atoms with Gasteiger partial charge in [0, 0.05) is 6.92 Å². The van der Waals surface area contributed by atoms with E-state index in [0.29, 0.717) is 11.6 Å². The van der Waals surface area contributed by atoms with Crippen molar-refractivity contribution in [2.75, 3.05) is 0 Å². The lowest BCUT2D eigenvalue weighted by atomic mass is 10.0. The molecular formula is C14H18N2O2. The molecule has 1 aromatic carbocycles. The summed E-state index contributed by atoms with van der Waals surface area (Å²) < 4.78 is 0. The predicted octanol–water partition coefficient (Wildman–Crippen LogP) is 4.27. The summed E-state index contributed by atoms with van der Waals surface area (Å²) in [6.45, 7) is 6.98. The number of nitrogens with zero attached hydrogens (tertiary/aromatic N) is 2. The lowest BCUT2D eigenvalue weighted by Crippen LogP contribution is -1.96. The van der Waals surface area contributed by atoms with E-state index in [1.807, 2.05) is 24.3 Å². The van der Waals surface area contributed by atoms with Crippen LogP contribution in [0, 0.1) is 0 Å². The van der Waals surface area contributed by atoms with Gasteiger partial charge in [0.25, 0.3) is 0 Å². The highest BCUT2D eigenvalue weighted by atomic mass is 16.3. The molecule has 0 aliphatic heterocycles. The van der Waals surface area contributed by atoms with Gasteiger partial charge in [-0.3, -0.25) is 4.79 Å². The van der Waals surface area contributed by atoms with Gasteiger partial charge >= 0.3 is 0 Å². The van der Waals surface area contributed by atoms with E-state index in [-0.39, 0.29) is 17.2 Å². The first-order chi connectivity index (χ1) is 8.41. The van der Waals surface area contributed by atoms with Gasteiger partial charge in [0.15, 0.2) is 11.5 Å². The van der Waals surface area contributed by atoms with Crippen LogP contribution in [0.4, 0.5) is 5.69 Å². The second-order valence-corrected chi connectivity index (χ2v) is 4.44. The van der Waals surface area contributed by atoms with Gasteiger partial charge in [-0.25, -0.2) is 0 Å². The summed E-state index contributed by atoms with van der Waals surface area (Å²) in [5, 5.41) is 17.0. The van der Waals surface area contributed by atoms with Crippen molar-refractivity contribution in [3.8, 4) is 0 Å². The number of rotatable bonds is 4. The second kappa shape index (κ2) is 6.10. The molecule has 1 rings (SSSR count). The molecule has 0 amide bonds. The van der Waals surface area contributed by atoms with E-state index in [1.54, 1.807) is 0 Å². The largest absolute Gasteiger partial charge is 0.510 e. The van der Waals surface area contributed by atoms with Crippen LogP contribution in [-0.4, -0.2) is 10.9 Å². The summed E-state index contributed by atoms with van der Waals surface area (Å²) in [6.07, 6.45) is 0. The van der Waals surface area contributed by atoms with Crippen molar-refractivity contribution in [1.29, 1.82) is 0 Å². The van der Waals surface area contributed by atoms with E-state index in [1.165, 1.54) is 19.4 Å². The maximum Gasteiger partial charge on any atom is 0.183 e. The van der Waals surface area contributed by atoms with Crippen molar-refractivity contribution >= 4 is 11.5 Å². The normalized spacial score (nSPS) is 12.9. The number of allylic oxidation sites excluding steroid dienone is 2. The fourth-order valence-electron chi connectivity index (χ4n) is 1.43. The lowest BCUT2D eigenvalue weighted by molar-refractivity contribution is -0.113. The van der Waals surface area contributed by atoms with E-state index >= 15 is 0 Å². The molecule has 0 fully saturated rings. The molecule has 0 aliphatic carbocycles. The van der Waals surface area contributed by atoms with Crippen molar-refractivity contribution in [3.05, 3.63) is 41.3 Å². The van der Waals surface area contributed by atoms with Gasteiger partial charge in [-0.1, -0.05) is 26.0 Å². The van der Waals surface area contributed by atoms with Crippen LogP contribution in [0.25, 0.3) is 0 Å². The fraction of sp³-hybridized carbons (Fsp3) is 0.357. The molecule has 1 N–H and O–H groups in total. The summed E-state index contributed by atoms with van der Waals surface area (Å²) in [5.74, 6) is 0.0333. The van der Waals surface area contributed by atoms with Gasteiger partial charge in [-0.15, -0.1) is 5.11 Å². The number of carbonyl (C=O) groups is 1. The highest BCUT2D eigenvalue weighted by Crippen LogP contribution is 2.20. The number of benzene rings is 1. The van der Waals surface area contributed by atoms with Gasteiger partial charge in [0.2, 0.25) is 0 Å². The number of carbonyl (C=O) groups excluding carboxylic acids is 1. The highest BCUT2D eigenvalue weighted by Gasteiger charge is 2.06. The maximum absolute atomic E-state index is 11.2. The minimum atomic E-state index is -0.308. The highest BCUT2D eigenvalue weighted by molar-refractivity contribution is 5.93. The van der Waals surface area contributed by atoms with Crippen LogP contribution in [0.15, 0.2) is 46.0 Å². The van der Waals surface area contributed by atoms with Gasteiger partial charge in [0.05, 0.1) is 5.69 Å². The smallest absolute Gasteiger partial charge is 0.183 e. The third-order valence-corrected chi connectivity index (χ3v) is 2.50. The van der Waals surface area contributed by atoms with Gasteiger partial charge in [-0.05, 0) is 30.5 Å². The average Bonchev–Trinajstić information content (AvgIpc) is 2.28. The molecule has 0 heterocycles. The Bertz CT molecular complexity index is 481. The molecule has 1 aromatic rings. The van der Waals surface area contributed by atoms with E-state index in [9.17, 15) is 9.90 Å². The number of Topliss-reactive ketones (excluding diaryl/α,β-unsaturated/α-hetero) is 1. The third kappa shape index (κ3) is 3.80. The first kappa shape index (κ1) is 14.1. The van der Waals surface area contributed by atoms with Crippen LogP contribution < -0.4 is 0 Å². The molecule has 0 bridgehead atoms. The van der Waals surface area contributed by atoms with Crippen molar-refractivity contribution in [2.24, 2.45) is 10.2 Å². The molecule has 18 heavy (non-hydrogen) atoms. The quantitative estimate of drug-likeness (QED) is 0.490. The SMILES string of the molecule is CC(=O)/C(N=Nc1ccc(C(C)C)cc1)=C(\C)O.